The maximum absolute atomic E-state index is 11.4. The van der Waals surface area contributed by atoms with Gasteiger partial charge in [0.1, 0.15) is 0 Å². The molecule has 0 heterocycles. The Morgan fingerprint density at radius 2 is 2.00 bits per heavy atom. The minimum absolute atomic E-state index is 0.00137. The van der Waals surface area contributed by atoms with E-state index in [1.165, 1.54) is 6.08 Å². The molecule has 0 N–H and O–H groups in total. The molecule has 0 aromatic heterocycles. The Labute approximate surface area is 96.2 Å². The molecule has 0 aromatic rings. The van der Waals surface area contributed by atoms with Crippen molar-refractivity contribution >= 4 is 24.7 Å². The van der Waals surface area contributed by atoms with Crippen molar-refractivity contribution in [2.75, 3.05) is 6.61 Å². The molecule has 0 fully saturated rings. The van der Waals surface area contributed by atoms with E-state index in [9.17, 15) is 4.79 Å². The number of ether oxygens (including phenoxy) is 1. The van der Waals surface area contributed by atoms with Crippen LogP contribution in [-0.4, -0.2) is 37.5 Å². The second-order valence-corrected chi connectivity index (χ2v) is 3.81. The van der Waals surface area contributed by atoms with Crippen LogP contribution in [0, 0.1) is 5.92 Å². The molecule has 0 bridgehead atoms. The van der Waals surface area contributed by atoms with Gasteiger partial charge in [-0.2, -0.15) is 0 Å². The van der Waals surface area contributed by atoms with Gasteiger partial charge < -0.3 is 0 Å². The van der Waals surface area contributed by atoms with Gasteiger partial charge in [-0.25, -0.2) is 0 Å². The fourth-order valence-electron chi connectivity index (χ4n) is 0.886. The third kappa shape index (κ3) is 4.88. The second kappa shape index (κ2) is 7.14. The van der Waals surface area contributed by atoms with Gasteiger partial charge >= 0.3 is 96.0 Å². The van der Waals surface area contributed by atoms with Crippen LogP contribution in [0.25, 0.3) is 0 Å². The Morgan fingerprint density at radius 3 is 2.36 bits per heavy atom. The third-order valence-corrected chi connectivity index (χ3v) is 2.38. The summed E-state index contributed by atoms with van der Waals surface area (Å²) in [6.07, 6.45) is 1.39. The third-order valence-electron chi connectivity index (χ3n) is 1.81. The summed E-state index contributed by atoms with van der Waals surface area (Å²) < 4.78 is 10.5. The van der Waals surface area contributed by atoms with E-state index < -0.39 is 0 Å². The summed E-state index contributed by atoms with van der Waals surface area (Å²) in [7, 11) is 0. The zero-order valence-corrected chi connectivity index (χ0v) is 11.7. The average Bonchev–Trinajstić information content (AvgIpc) is 2.13. The van der Waals surface area contributed by atoms with E-state index in [1.807, 2.05) is 27.7 Å². The fourth-order valence-corrected chi connectivity index (χ4v) is 1.43. The first kappa shape index (κ1) is 13.8. The van der Waals surface area contributed by atoms with Gasteiger partial charge in [0.25, 0.3) is 0 Å². The summed E-state index contributed by atoms with van der Waals surface area (Å²) in [5, 5.41) is 0. The number of hydrogen-bond acceptors (Lipinski definition) is 3. The summed E-state index contributed by atoms with van der Waals surface area (Å²) in [6.45, 7) is 8.14. The molecule has 0 saturated heterocycles. The van der Waals surface area contributed by atoms with Crippen LogP contribution in [0.3, 0.4) is 0 Å². The van der Waals surface area contributed by atoms with Crippen LogP contribution in [0.1, 0.15) is 27.7 Å². The number of ketones is 1. The van der Waals surface area contributed by atoms with Crippen molar-refractivity contribution in [3.8, 4) is 0 Å². The Bertz CT molecular complexity index is 211. The van der Waals surface area contributed by atoms with Gasteiger partial charge in [0, 0.05) is 0 Å². The van der Waals surface area contributed by atoms with E-state index in [4.69, 9.17) is 8.27 Å². The number of rotatable bonds is 6. The van der Waals surface area contributed by atoms with Gasteiger partial charge in [-0.05, 0) is 0 Å². The molecule has 3 nitrogen and oxygen atoms in total. The molecule has 0 amide bonds. The molecule has 0 saturated carbocycles. The van der Waals surface area contributed by atoms with Crippen LogP contribution in [-0.2, 0) is 13.1 Å². The van der Waals surface area contributed by atoms with Crippen LogP contribution in [0.5, 0.6) is 0 Å². The first-order valence-corrected chi connectivity index (χ1v) is 5.75. The number of hydrogen-bond donors (Lipinski definition) is 0. The van der Waals surface area contributed by atoms with Crippen molar-refractivity contribution in [1.29, 1.82) is 0 Å². The normalized spacial score (nSPS) is 14.2. The van der Waals surface area contributed by atoms with E-state index in [0.717, 1.165) is 19.0 Å². The van der Waals surface area contributed by atoms with E-state index in [0.29, 0.717) is 12.4 Å². The molecule has 78 valence electrons. The molecule has 4 heteroatoms. The van der Waals surface area contributed by atoms with E-state index in [2.05, 4.69) is 0 Å². The first-order valence-electron chi connectivity index (χ1n) is 4.76. The standard InChI is InChI=1S/C10H18O3.Ga/c1-5-13-8(4)10(12)6-9(11)7(2)3;/h6-8,12H,5H2,1-4H3;/q;+1/p-1/b10-6-;. The van der Waals surface area contributed by atoms with Gasteiger partial charge in [0.15, 0.2) is 0 Å². The van der Waals surface area contributed by atoms with Crippen LogP contribution in [0.2, 0.25) is 0 Å². The predicted octanol–water partition coefficient (Wildman–Crippen LogP) is 1.62. The molecule has 14 heavy (non-hydrogen) atoms. The molecule has 0 spiro atoms. The fraction of sp³-hybridized carbons (Fsp3) is 0.700. The molecule has 0 rings (SSSR count). The molecule has 0 aliphatic heterocycles. The zero-order valence-electron chi connectivity index (χ0n) is 9.24. The van der Waals surface area contributed by atoms with Crippen molar-refractivity contribution in [1.82, 2.24) is 0 Å². The van der Waals surface area contributed by atoms with E-state index in [-0.39, 0.29) is 17.8 Å². The van der Waals surface area contributed by atoms with Crippen molar-refractivity contribution in [2.24, 2.45) is 5.92 Å². The molecule has 0 aliphatic rings. The molecule has 1 atom stereocenters. The van der Waals surface area contributed by atoms with Crippen LogP contribution < -0.4 is 0 Å². The average molecular weight is 255 g/mol. The Kier molecular flexibility index (Phi) is 7.05. The Balaban J connectivity index is 4.45. The molecule has 0 aliphatic carbocycles. The van der Waals surface area contributed by atoms with Gasteiger partial charge in [-0.15, -0.1) is 0 Å². The van der Waals surface area contributed by atoms with Gasteiger partial charge in [-0.3, -0.25) is 0 Å². The summed E-state index contributed by atoms with van der Waals surface area (Å²) in [6, 6.07) is 0. The monoisotopic (exact) mass is 254 g/mol. The first-order chi connectivity index (χ1) is 6.52. The van der Waals surface area contributed by atoms with Crippen molar-refractivity contribution in [2.45, 2.75) is 33.8 Å². The topological polar surface area (TPSA) is 35.5 Å². The van der Waals surface area contributed by atoms with E-state index in [1.54, 1.807) is 0 Å². The van der Waals surface area contributed by atoms with Crippen molar-refractivity contribution in [3.05, 3.63) is 11.8 Å². The van der Waals surface area contributed by atoms with E-state index >= 15 is 0 Å². The number of carbonyl (C=O) groups is 1. The maximum atomic E-state index is 11.4. The molecule has 2 radical (unpaired) electrons. The zero-order chi connectivity index (χ0) is 11.1. The second-order valence-electron chi connectivity index (χ2n) is 3.32. The molecular formula is C10H17GaO3. The molecule has 0 aromatic carbocycles. The minimum atomic E-state index is -0.144. The van der Waals surface area contributed by atoms with Crippen molar-refractivity contribution < 1.29 is 13.1 Å². The van der Waals surface area contributed by atoms with Crippen molar-refractivity contribution in [3.63, 3.8) is 0 Å². The van der Waals surface area contributed by atoms with Crippen LogP contribution >= 0.6 is 0 Å². The number of allylic oxidation sites excluding steroid dienone is 1. The predicted molar refractivity (Wildman–Crippen MR) is 55.9 cm³/mol. The van der Waals surface area contributed by atoms with Gasteiger partial charge in [0.05, 0.1) is 0 Å². The SMILES string of the molecule is CCOC(C)/C(=C/C(=O)C(C)C)[O][Ga]. The molecule has 1 unspecified atom stereocenters. The van der Waals surface area contributed by atoms with Gasteiger partial charge in [0.2, 0.25) is 0 Å². The summed E-state index contributed by atoms with van der Waals surface area (Å²) in [5.74, 6) is 0.691. The Morgan fingerprint density at radius 1 is 1.43 bits per heavy atom. The quantitative estimate of drug-likeness (QED) is 0.411. The van der Waals surface area contributed by atoms with Gasteiger partial charge in [-0.1, -0.05) is 0 Å². The molecular weight excluding hydrogens is 238 g/mol. The summed E-state index contributed by atoms with van der Waals surface area (Å²) >= 11 is 1.11. The summed E-state index contributed by atoms with van der Waals surface area (Å²) in [5.41, 5.74) is 0. The Hall–Kier alpha value is -0.194. The van der Waals surface area contributed by atoms with Crippen LogP contribution in [0.15, 0.2) is 11.8 Å². The number of carbonyl (C=O) groups excluding carboxylic acids is 1. The van der Waals surface area contributed by atoms with Crippen LogP contribution in [0.4, 0.5) is 0 Å². The summed E-state index contributed by atoms with van der Waals surface area (Å²) in [4.78, 5) is 11.4.